The van der Waals surface area contributed by atoms with Crippen LogP contribution in [-0.4, -0.2) is 39.8 Å². The first kappa shape index (κ1) is 19.6. The number of ether oxygens (including phenoxy) is 3. The summed E-state index contributed by atoms with van der Waals surface area (Å²) in [5, 5.41) is 5.67. The van der Waals surface area contributed by atoms with Gasteiger partial charge in [-0.15, -0.1) is 0 Å². The number of hydrogen-bond acceptors (Lipinski definition) is 5. The van der Waals surface area contributed by atoms with E-state index in [-0.39, 0.29) is 23.4 Å². The summed E-state index contributed by atoms with van der Waals surface area (Å²) in [6.07, 6.45) is 0. The van der Waals surface area contributed by atoms with Crippen molar-refractivity contribution in [3.8, 4) is 11.5 Å². The van der Waals surface area contributed by atoms with Gasteiger partial charge in [0.15, 0.2) is 11.5 Å². The summed E-state index contributed by atoms with van der Waals surface area (Å²) in [5.41, 5.74) is 1.35. The Morgan fingerprint density at radius 3 is 2.31 bits per heavy atom. The van der Waals surface area contributed by atoms with Crippen LogP contribution in [0.1, 0.15) is 10.4 Å². The zero-order valence-corrected chi connectivity index (χ0v) is 15.3. The standard InChI is InChI=1S/C18H19ClN2O5/c1-24-10-16(22)20-12-5-4-6-13(9-12)21-18(23)11-7-14(19)17(26-3)15(8-11)25-2/h4-9H,10H2,1-3H3,(H,20,22)(H,21,23). The van der Waals surface area contributed by atoms with Crippen molar-refractivity contribution < 1.29 is 23.8 Å². The third-order valence-corrected chi connectivity index (χ3v) is 3.66. The lowest BCUT2D eigenvalue weighted by molar-refractivity contribution is -0.119. The molecule has 8 heteroatoms. The van der Waals surface area contributed by atoms with Crippen molar-refractivity contribution in [3.05, 3.63) is 47.0 Å². The number of anilines is 2. The highest BCUT2D eigenvalue weighted by molar-refractivity contribution is 6.32. The second-order valence-electron chi connectivity index (χ2n) is 5.21. The first-order valence-corrected chi connectivity index (χ1v) is 7.98. The molecule has 2 rings (SSSR count). The molecule has 0 aliphatic heterocycles. The van der Waals surface area contributed by atoms with Crippen molar-refractivity contribution in [1.82, 2.24) is 0 Å². The van der Waals surface area contributed by atoms with E-state index in [0.29, 0.717) is 28.4 Å². The summed E-state index contributed by atoms with van der Waals surface area (Å²) in [6, 6.07) is 9.77. The number of benzene rings is 2. The van der Waals surface area contributed by atoms with Gasteiger partial charge in [-0.1, -0.05) is 17.7 Å². The minimum absolute atomic E-state index is 0.0548. The van der Waals surface area contributed by atoms with Crippen LogP contribution >= 0.6 is 11.6 Å². The lowest BCUT2D eigenvalue weighted by Gasteiger charge is -2.12. The average Bonchev–Trinajstić information content (AvgIpc) is 2.61. The summed E-state index contributed by atoms with van der Waals surface area (Å²) >= 11 is 6.13. The highest BCUT2D eigenvalue weighted by atomic mass is 35.5. The van der Waals surface area contributed by atoms with Gasteiger partial charge in [-0.05, 0) is 30.3 Å². The molecule has 0 fully saturated rings. The third-order valence-electron chi connectivity index (χ3n) is 3.38. The number of carbonyl (C=O) groups excluding carboxylic acids is 2. The van der Waals surface area contributed by atoms with E-state index in [2.05, 4.69) is 10.6 Å². The highest BCUT2D eigenvalue weighted by Crippen LogP contribution is 2.36. The Balaban J connectivity index is 2.17. The van der Waals surface area contributed by atoms with E-state index in [9.17, 15) is 9.59 Å². The second-order valence-corrected chi connectivity index (χ2v) is 5.62. The zero-order valence-electron chi connectivity index (χ0n) is 14.6. The molecule has 0 saturated heterocycles. The molecule has 0 aromatic heterocycles. The average molecular weight is 379 g/mol. The first-order chi connectivity index (χ1) is 12.5. The van der Waals surface area contributed by atoms with Crippen molar-refractivity contribution in [1.29, 1.82) is 0 Å². The Bertz CT molecular complexity index is 810. The molecule has 0 atom stereocenters. The van der Waals surface area contributed by atoms with Gasteiger partial charge in [0, 0.05) is 24.0 Å². The highest BCUT2D eigenvalue weighted by Gasteiger charge is 2.15. The van der Waals surface area contributed by atoms with Crippen LogP contribution in [0.2, 0.25) is 5.02 Å². The second kappa shape index (κ2) is 9.07. The maximum atomic E-state index is 12.5. The van der Waals surface area contributed by atoms with Crippen LogP contribution < -0.4 is 20.1 Å². The largest absolute Gasteiger partial charge is 0.493 e. The predicted molar refractivity (Wildman–Crippen MR) is 99.5 cm³/mol. The molecule has 2 aromatic carbocycles. The van der Waals surface area contributed by atoms with E-state index < -0.39 is 0 Å². The van der Waals surface area contributed by atoms with Crippen LogP contribution in [0, 0.1) is 0 Å². The van der Waals surface area contributed by atoms with E-state index in [1.165, 1.54) is 33.5 Å². The number of rotatable bonds is 7. The lowest BCUT2D eigenvalue weighted by Crippen LogP contribution is -2.17. The van der Waals surface area contributed by atoms with E-state index in [1.54, 1.807) is 24.3 Å². The van der Waals surface area contributed by atoms with Crippen molar-refractivity contribution in [3.63, 3.8) is 0 Å². The molecule has 2 N–H and O–H groups in total. The molecule has 0 aliphatic carbocycles. The number of hydrogen-bond donors (Lipinski definition) is 2. The van der Waals surface area contributed by atoms with Gasteiger partial charge < -0.3 is 24.8 Å². The monoisotopic (exact) mass is 378 g/mol. The minimum Gasteiger partial charge on any atom is -0.493 e. The van der Waals surface area contributed by atoms with Crippen molar-refractivity contribution in [2.75, 3.05) is 38.6 Å². The van der Waals surface area contributed by atoms with Crippen LogP contribution in [-0.2, 0) is 9.53 Å². The summed E-state index contributed by atoms with van der Waals surface area (Å²) < 4.78 is 15.1. The fourth-order valence-electron chi connectivity index (χ4n) is 2.26. The van der Waals surface area contributed by atoms with Gasteiger partial charge in [0.1, 0.15) is 6.61 Å². The van der Waals surface area contributed by atoms with Gasteiger partial charge in [0.05, 0.1) is 19.2 Å². The number of methoxy groups -OCH3 is 3. The summed E-state index contributed by atoms with van der Waals surface area (Å²) in [5.74, 6) is 0.0372. The van der Waals surface area contributed by atoms with Gasteiger partial charge in [-0.25, -0.2) is 0 Å². The van der Waals surface area contributed by atoms with Crippen LogP contribution in [0.3, 0.4) is 0 Å². The summed E-state index contributed by atoms with van der Waals surface area (Å²) in [6.45, 7) is -0.0548. The minimum atomic E-state index is -0.381. The number of carbonyl (C=O) groups is 2. The van der Waals surface area contributed by atoms with Crippen LogP contribution in [0.5, 0.6) is 11.5 Å². The van der Waals surface area contributed by atoms with E-state index >= 15 is 0 Å². The molecular weight excluding hydrogens is 360 g/mol. The van der Waals surface area contributed by atoms with Crippen molar-refractivity contribution in [2.24, 2.45) is 0 Å². The van der Waals surface area contributed by atoms with Crippen LogP contribution in [0.15, 0.2) is 36.4 Å². The normalized spacial score (nSPS) is 10.2. The molecule has 0 bridgehead atoms. The molecule has 0 aliphatic rings. The molecular formula is C18H19ClN2O5. The van der Waals surface area contributed by atoms with Crippen LogP contribution in [0.25, 0.3) is 0 Å². The molecule has 0 radical (unpaired) electrons. The van der Waals surface area contributed by atoms with E-state index in [4.69, 9.17) is 25.8 Å². The smallest absolute Gasteiger partial charge is 0.255 e. The molecule has 26 heavy (non-hydrogen) atoms. The van der Waals surface area contributed by atoms with Crippen LogP contribution in [0.4, 0.5) is 11.4 Å². The molecule has 2 aromatic rings. The number of amides is 2. The molecule has 2 amide bonds. The van der Waals surface area contributed by atoms with E-state index in [0.717, 1.165) is 0 Å². The molecule has 138 valence electrons. The Hall–Kier alpha value is -2.77. The van der Waals surface area contributed by atoms with Gasteiger partial charge in [0.2, 0.25) is 5.91 Å². The third kappa shape index (κ3) is 4.87. The fraction of sp³-hybridized carbons (Fsp3) is 0.222. The molecule has 0 saturated carbocycles. The number of halogens is 1. The Morgan fingerprint density at radius 1 is 1.00 bits per heavy atom. The SMILES string of the molecule is COCC(=O)Nc1cccc(NC(=O)c2cc(Cl)c(OC)c(OC)c2)c1. The van der Waals surface area contributed by atoms with Gasteiger partial charge in [0.25, 0.3) is 5.91 Å². The lowest BCUT2D eigenvalue weighted by atomic mass is 10.1. The topological polar surface area (TPSA) is 85.9 Å². The summed E-state index contributed by atoms with van der Waals surface area (Å²) in [4.78, 5) is 24.1. The fourth-order valence-corrected chi connectivity index (χ4v) is 2.54. The Labute approximate surface area is 156 Å². The maximum absolute atomic E-state index is 12.5. The number of nitrogens with one attached hydrogen (secondary N) is 2. The van der Waals surface area contributed by atoms with E-state index in [1.807, 2.05) is 0 Å². The van der Waals surface area contributed by atoms with Crippen molar-refractivity contribution >= 4 is 34.8 Å². The Morgan fingerprint density at radius 2 is 1.69 bits per heavy atom. The van der Waals surface area contributed by atoms with Crippen molar-refractivity contribution in [2.45, 2.75) is 0 Å². The molecule has 0 spiro atoms. The summed E-state index contributed by atoms with van der Waals surface area (Å²) in [7, 11) is 4.36. The van der Waals surface area contributed by atoms with Gasteiger partial charge in [-0.3, -0.25) is 9.59 Å². The van der Waals surface area contributed by atoms with Gasteiger partial charge >= 0.3 is 0 Å². The predicted octanol–water partition coefficient (Wildman–Crippen LogP) is 3.19. The quantitative estimate of drug-likeness (QED) is 0.772. The first-order valence-electron chi connectivity index (χ1n) is 7.60. The Kier molecular flexibility index (Phi) is 6.82. The maximum Gasteiger partial charge on any atom is 0.255 e. The molecule has 0 heterocycles. The zero-order chi connectivity index (χ0) is 19.1. The molecule has 0 unspecified atom stereocenters. The molecule has 7 nitrogen and oxygen atoms in total. The van der Waals surface area contributed by atoms with Gasteiger partial charge in [-0.2, -0.15) is 0 Å².